The molecule has 2 amide bonds. The Balaban J connectivity index is 1.82. The van der Waals surface area contributed by atoms with E-state index in [0.717, 1.165) is 24.8 Å². The highest BCUT2D eigenvalue weighted by Gasteiger charge is 2.27. The lowest BCUT2D eigenvalue weighted by atomic mass is 9.94. The third kappa shape index (κ3) is 4.02. The standard InChI is InChI=1S/C18H22N4O4S/c1-11-5-6-12(8-16(11)27(2,25)26)18(24)22-7-3-4-13(10-22)14-9-15(17(19)23)21-20-14/h5-6,8-9,13H,3-4,7,10H2,1-2H3,(H2,19,23)(H,20,21)/t13-/m0/s1. The number of hydrogen-bond donors (Lipinski definition) is 2. The minimum Gasteiger partial charge on any atom is -0.364 e. The lowest BCUT2D eigenvalue weighted by Gasteiger charge is -2.32. The molecule has 0 bridgehead atoms. The SMILES string of the molecule is Cc1ccc(C(=O)N2CCC[C@H](c3cc(C(N)=O)n[nH]3)C2)cc1S(C)(=O)=O. The monoisotopic (exact) mass is 390 g/mol. The highest BCUT2D eigenvalue weighted by molar-refractivity contribution is 7.90. The molecule has 1 aliphatic heterocycles. The van der Waals surface area contributed by atoms with Crippen LogP contribution in [0, 0.1) is 6.92 Å². The Kier molecular flexibility index (Phi) is 5.05. The van der Waals surface area contributed by atoms with Gasteiger partial charge in [0.25, 0.3) is 11.8 Å². The molecule has 0 spiro atoms. The van der Waals surface area contributed by atoms with E-state index >= 15 is 0 Å². The first-order valence-corrected chi connectivity index (χ1v) is 10.5. The highest BCUT2D eigenvalue weighted by Crippen LogP contribution is 2.27. The van der Waals surface area contributed by atoms with Crippen molar-refractivity contribution in [3.63, 3.8) is 0 Å². The summed E-state index contributed by atoms with van der Waals surface area (Å²) in [6.07, 6.45) is 2.79. The Morgan fingerprint density at radius 3 is 2.67 bits per heavy atom. The van der Waals surface area contributed by atoms with Gasteiger partial charge in [0.15, 0.2) is 9.84 Å². The van der Waals surface area contributed by atoms with Crippen molar-refractivity contribution in [3.05, 3.63) is 46.8 Å². The van der Waals surface area contributed by atoms with Crippen LogP contribution in [0.25, 0.3) is 0 Å². The third-order valence-corrected chi connectivity index (χ3v) is 6.07. The maximum Gasteiger partial charge on any atom is 0.269 e. The Morgan fingerprint density at radius 2 is 2.04 bits per heavy atom. The number of aryl methyl sites for hydroxylation is 1. The van der Waals surface area contributed by atoms with Crippen molar-refractivity contribution in [3.8, 4) is 0 Å². The van der Waals surface area contributed by atoms with Gasteiger partial charge in [-0.25, -0.2) is 8.42 Å². The van der Waals surface area contributed by atoms with Crippen molar-refractivity contribution < 1.29 is 18.0 Å². The van der Waals surface area contributed by atoms with Crippen molar-refractivity contribution in [2.75, 3.05) is 19.3 Å². The molecule has 144 valence electrons. The van der Waals surface area contributed by atoms with E-state index in [0.29, 0.717) is 24.2 Å². The molecule has 1 fully saturated rings. The molecule has 3 rings (SSSR count). The topological polar surface area (TPSA) is 126 Å². The number of carbonyl (C=O) groups is 2. The van der Waals surface area contributed by atoms with Crippen molar-refractivity contribution in [1.29, 1.82) is 0 Å². The van der Waals surface area contributed by atoms with Gasteiger partial charge in [-0.15, -0.1) is 0 Å². The molecule has 8 nitrogen and oxygen atoms in total. The summed E-state index contributed by atoms with van der Waals surface area (Å²) in [6.45, 7) is 2.76. The molecule has 1 saturated heterocycles. The number of primary amides is 1. The van der Waals surface area contributed by atoms with Crippen LogP contribution in [0.2, 0.25) is 0 Å². The lowest BCUT2D eigenvalue weighted by molar-refractivity contribution is 0.0705. The molecule has 1 atom stereocenters. The van der Waals surface area contributed by atoms with Gasteiger partial charge in [0, 0.05) is 36.5 Å². The number of aromatic nitrogens is 2. The van der Waals surface area contributed by atoms with E-state index in [9.17, 15) is 18.0 Å². The number of amides is 2. The van der Waals surface area contributed by atoms with Gasteiger partial charge in [-0.05, 0) is 43.5 Å². The van der Waals surface area contributed by atoms with E-state index in [1.165, 1.54) is 6.07 Å². The normalized spacial score (nSPS) is 17.7. The highest BCUT2D eigenvalue weighted by atomic mass is 32.2. The second-order valence-electron chi connectivity index (χ2n) is 6.92. The Bertz CT molecular complexity index is 997. The summed E-state index contributed by atoms with van der Waals surface area (Å²) in [7, 11) is -3.41. The van der Waals surface area contributed by atoms with Crippen LogP contribution in [0.4, 0.5) is 0 Å². The molecular formula is C18H22N4O4S. The van der Waals surface area contributed by atoms with Gasteiger partial charge in [0.2, 0.25) is 0 Å². The summed E-state index contributed by atoms with van der Waals surface area (Å²) in [5.41, 5.74) is 7.14. The maximum absolute atomic E-state index is 12.9. The van der Waals surface area contributed by atoms with Gasteiger partial charge in [0.05, 0.1) is 4.90 Å². The van der Waals surface area contributed by atoms with E-state index in [-0.39, 0.29) is 22.4 Å². The van der Waals surface area contributed by atoms with Crippen LogP contribution in [0.3, 0.4) is 0 Å². The minimum absolute atomic E-state index is 0.0168. The third-order valence-electron chi connectivity index (χ3n) is 4.83. The molecule has 9 heteroatoms. The van der Waals surface area contributed by atoms with Crippen LogP contribution in [0.5, 0.6) is 0 Å². The quantitative estimate of drug-likeness (QED) is 0.812. The van der Waals surface area contributed by atoms with Gasteiger partial charge in [0.1, 0.15) is 5.69 Å². The number of nitrogens with two attached hydrogens (primary N) is 1. The minimum atomic E-state index is -3.41. The van der Waals surface area contributed by atoms with Gasteiger partial charge in [-0.1, -0.05) is 6.07 Å². The van der Waals surface area contributed by atoms with Gasteiger partial charge < -0.3 is 10.6 Å². The summed E-state index contributed by atoms with van der Waals surface area (Å²) < 4.78 is 23.9. The average Bonchev–Trinajstić information content (AvgIpc) is 3.11. The van der Waals surface area contributed by atoms with E-state index in [2.05, 4.69) is 10.2 Å². The van der Waals surface area contributed by atoms with Crippen molar-refractivity contribution in [2.24, 2.45) is 5.73 Å². The Labute approximate surface area is 157 Å². The smallest absolute Gasteiger partial charge is 0.269 e. The lowest BCUT2D eigenvalue weighted by Crippen LogP contribution is -2.39. The number of H-pyrrole nitrogens is 1. The van der Waals surface area contributed by atoms with Gasteiger partial charge in [-0.2, -0.15) is 5.10 Å². The number of carbonyl (C=O) groups excluding carboxylic acids is 2. The predicted molar refractivity (Wildman–Crippen MR) is 99.3 cm³/mol. The first-order valence-electron chi connectivity index (χ1n) is 8.62. The number of hydrogen-bond acceptors (Lipinski definition) is 5. The molecule has 3 N–H and O–H groups in total. The summed E-state index contributed by atoms with van der Waals surface area (Å²) in [6, 6.07) is 6.36. The van der Waals surface area contributed by atoms with Crippen LogP contribution in [-0.2, 0) is 9.84 Å². The Morgan fingerprint density at radius 1 is 1.30 bits per heavy atom. The molecule has 0 aliphatic carbocycles. The van der Waals surface area contributed by atoms with Gasteiger partial charge >= 0.3 is 0 Å². The number of aromatic amines is 1. The molecule has 1 aromatic heterocycles. The molecule has 2 aromatic rings. The molecule has 0 radical (unpaired) electrons. The second kappa shape index (κ2) is 7.15. The zero-order chi connectivity index (χ0) is 19.8. The molecule has 1 aromatic carbocycles. The number of likely N-dealkylation sites (tertiary alicyclic amines) is 1. The number of rotatable bonds is 4. The molecule has 27 heavy (non-hydrogen) atoms. The molecule has 0 saturated carbocycles. The number of piperidine rings is 1. The molecule has 2 heterocycles. The summed E-state index contributed by atoms with van der Waals surface area (Å²) in [5.74, 6) is -0.795. The number of nitrogens with one attached hydrogen (secondary N) is 1. The summed E-state index contributed by atoms with van der Waals surface area (Å²) >= 11 is 0. The van der Waals surface area contributed by atoms with Crippen molar-refractivity contribution in [1.82, 2.24) is 15.1 Å². The van der Waals surface area contributed by atoms with E-state index in [4.69, 9.17) is 5.73 Å². The van der Waals surface area contributed by atoms with Crippen LogP contribution in [0.15, 0.2) is 29.2 Å². The number of sulfone groups is 1. The average molecular weight is 390 g/mol. The van der Waals surface area contributed by atoms with Crippen LogP contribution >= 0.6 is 0 Å². The number of benzene rings is 1. The van der Waals surface area contributed by atoms with Crippen LogP contribution in [-0.4, -0.2) is 54.7 Å². The molecular weight excluding hydrogens is 368 g/mol. The maximum atomic E-state index is 12.9. The van der Waals surface area contributed by atoms with Crippen LogP contribution in [0.1, 0.15) is 50.9 Å². The predicted octanol–water partition coefficient (Wildman–Crippen LogP) is 1.24. The first kappa shape index (κ1) is 19.1. The van der Waals surface area contributed by atoms with Crippen LogP contribution < -0.4 is 5.73 Å². The first-order chi connectivity index (χ1) is 12.7. The van der Waals surface area contributed by atoms with Crippen molar-refractivity contribution in [2.45, 2.75) is 30.6 Å². The van der Waals surface area contributed by atoms with E-state index < -0.39 is 15.7 Å². The zero-order valence-electron chi connectivity index (χ0n) is 15.2. The van der Waals surface area contributed by atoms with E-state index in [1.807, 2.05) is 0 Å². The fourth-order valence-corrected chi connectivity index (χ4v) is 4.40. The molecule has 0 unspecified atom stereocenters. The fourth-order valence-electron chi connectivity index (χ4n) is 3.40. The van der Waals surface area contributed by atoms with E-state index in [1.54, 1.807) is 30.0 Å². The second-order valence-corrected chi connectivity index (χ2v) is 8.90. The van der Waals surface area contributed by atoms with Crippen molar-refractivity contribution >= 4 is 21.7 Å². The zero-order valence-corrected chi connectivity index (χ0v) is 16.0. The summed E-state index contributed by atoms with van der Waals surface area (Å²) in [4.78, 5) is 26.0. The van der Waals surface area contributed by atoms with Gasteiger partial charge in [-0.3, -0.25) is 14.7 Å². The largest absolute Gasteiger partial charge is 0.364 e. The molecule has 1 aliphatic rings. The Hall–Kier alpha value is -2.68. The number of nitrogens with zero attached hydrogens (tertiary/aromatic N) is 2. The fraction of sp³-hybridized carbons (Fsp3) is 0.389. The summed E-state index contributed by atoms with van der Waals surface area (Å²) in [5, 5.41) is 6.72.